The van der Waals surface area contributed by atoms with E-state index >= 15 is 0 Å². The highest BCUT2D eigenvalue weighted by atomic mass is 32.2. The minimum atomic E-state index is -0.301. The van der Waals surface area contributed by atoms with Crippen LogP contribution < -0.4 is 4.90 Å². The van der Waals surface area contributed by atoms with E-state index in [1.54, 1.807) is 23.9 Å². The Balaban J connectivity index is 1.59. The third kappa shape index (κ3) is 4.63. The Hall–Kier alpha value is -2.36. The zero-order valence-electron chi connectivity index (χ0n) is 17.7. The number of rotatable bonds is 6. The minimum absolute atomic E-state index is 0.00593. The number of carbonyl (C=O) groups is 1. The molecule has 1 aromatic heterocycles. The smallest absolute Gasteiger partial charge is 0.237 e. The lowest BCUT2D eigenvalue weighted by molar-refractivity contribution is -0.116. The van der Waals surface area contributed by atoms with Gasteiger partial charge in [-0.15, -0.1) is 22.0 Å². The normalized spacial score (nSPS) is 14.5. The Morgan fingerprint density at radius 1 is 1.19 bits per heavy atom. The van der Waals surface area contributed by atoms with Gasteiger partial charge in [0.25, 0.3) is 0 Å². The van der Waals surface area contributed by atoms with Crippen LogP contribution in [0.1, 0.15) is 18.8 Å². The molecule has 3 aromatic rings. The molecule has 1 aliphatic rings. The molecule has 31 heavy (non-hydrogen) atoms. The van der Waals surface area contributed by atoms with Gasteiger partial charge < -0.3 is 4.90 Å². The van der Waals surface area contributed by atoms with Gasteiger partial charge in [-0.25, -0.2) is 4.39 Å². The lowest BCUT2D eigenvalue weighted by atomic mass is 10.2. The number of anilines is 1. The topological polar surface area (TPSA) is 54.3 Å². The van der Waals surface area contributed by atoms with E-state index in [0.29, 0.717) is 11.7 Å². The highest BCUT2D eigenvalue weighted by molar-refractivity contribution is 8.00. The van der Waals surface area contributed by atoms with E-state index in [9.17, 15) is 9.18 Å². The molecule has 0 spiro atoms. The van der Waals surface area contributed by atoms with Crippen LogP contribution in [0.5, 0.6) is 0 Å². The van der Waals surface area contributed by atoms with Crippen LogP contribution in [-0.4, -0.2) is 57.7 Å². The first kappa shape index (κ1) is 21.9. The molecule has 0 N–H and O–H groups in total. The molecule has 9 heteroatoms. The van der Waals surface area contributed by atoms with Crippen LogP contribution in [0.25, 0.3) is 5.69 Å². The highest BCUT2D eigenvalue weighted by Gasteiger charge is 2.25. The van der Waals surface area contributed by atoms with E-state index in [-0.39, 0.29) is 23.5 Å². The summed E-state index contributed by atoms with van der Waals surface area (Å²) >= 11 is 3.12. The third-order valence-corrected chi connectivity index (χ3v) is 7.20. The predicted molar refractivity (Wildman–Crippen MR) is 124 cm³/mol. The number of hydrogen-bond donors (Lipinski definition) is 0. The van der Waals surface area contributed by atoms with Gasteiger partial charge in [-0.2, -0.15) is 0 Å². The minimum Gasteiger partial charge on any atom is -0.310 e. The van der Waals surface area contributed by atoms with Gasteiger partial charge in [0.15, 0.2) is 11.0 Å². The number of fused-ring (bicyclic) bond motifs is 1. The molecule has 1 unspecified atom stereocenters. The first-order chi connectivity index (χ1) is 15.0. The summed E-state index contributed by atoms with van der Waals surface area (Å²) in [5.41, 5.74) is 1.73. The van der Waals surface area contributed by atoms with Crippen LogP contribution in [-0.2, 0) is 4.79 Å². The van der Waals surface area contributed by atoms with E-state index in [1.165, 1.54) is 23.9 Å². The summed E-state index contributed by atoms with van der Waals surface area (Å²) in [5, 5.41) is 9.37. The molecular formula is C22H24FN5OS2. The lowest BCUT2D eigenvalue weighted by Crippen LogP contribution is -2.36. The molecular weight excluding hydrogens is 433 g/mol. The molecule has 0 bridgehead atoms. The Bertz CT molecular complexity index is 1070. The fourth-order valence-electron chi connectivity index (χ4n) is 3.34. The van der Waals surface area contributed by atoms with Gasteiger partial charge in [0.1, 0.15) is 5.82 Å². The molecule has 0 aliphatic carbocycles. The summed E-state index contributed by atoms with van der Waals surface area (Å²) < 4.78 is 15.4. The molecule has 0 fully saturated rings. The molecule has 0 saturated carbocycles. The number of amides is 1. The fraction of sp³-hybridized carbons (Fsp3) is 0.318. The van der Waals surface area contributed by atoms with E-state index in [0.717, 1.165) is 27.8 Å². The molecule has 0 radical (unpaired) electrons. The van der Waals surface area contributed by atoms with Crippen molar-refractivity contribution in [1.29, 1.82) is 0 Å². The van der Waals surface area contributed by atoms with Gasteiger partial charge in [-0.1, -0.05) is 23.9 Å². The average molecular weight is 458 g/mol. The number of nitrogens with zero attached hydrogens (tertiary/aromatic N) is 5. The number of para-hydroxylation sites is 1. The molecule has 4 rings (SSSR count). The Labute approximate surface area is 189 Å². The third-order valence-electron chi connectivity index (χ3n) is 5.25. The monoisotopic (exact) mass is 457 g/mol. The maximum atomic E-state index is 13.5. The maximum Gasteiger partial charge on any atom is 0.237 e. The number of thioether (sulfide) groups is 2. The van der Waals surface area contributed by atoms with E-state index < -0.39 is 0 Å². The second-order valence-electron chi connectivity index (χ2n) is 7.44. The van der Waals surface area contributed by atoms with Crippen LogP contribution in [0.2, 0.25) is 0 Å². The van der Waals surface area contributed by atoms with Gasteiger partial charge in [0, 0.05) is 22.9 Å². The summed E-state index contributed by atoms with van der Waals surface area (Å²) in [4.78, 5) is 18.1. The van der Waals surface area contributed by atoms with Gasteiger partial charge >= 0.3 is 0 Å². The van der Waals surface area contributed by atoms with Gasteiger partial charge in [0.2, 0.25) is 5.91 Å². The van der Waals surface area contributed by atoms with Crippen LogP contribution in [0, 0.1) is 5.82 Å². The van der Waals surface area contributed by atoms with Gasteiger partial charge in [-0.05, 0) is 57.4 Å². The van der Waals surface area contributed by atoms with Crippen LogP contribution in [0.3, 0.4) is 0 Å². The number of aromatic nitrogens is 3. The molecule has 1 amide bonds. The first-order valence-corrected chi connectivity index (χ1v) is 12.0. The number of carbonyl (C=O) groups excluding carboxylic acids is 1. The summed E-state index contributed by atoms with van der Waals surface area (Å²) in [6.45, 7) is 2.72. The number of halogens is 1. The second kappa shape index (κ2) is 9.42. The van der Waals surface area contributed by atoms with Crippen molar-refractivity contribution < 1.29 is 9.18 Å². The van der Waals surface area contributed by atoms with Gasteiger partial charge in [0.05, 0.1) is 17.5 Å². The zero-order chi connectivity index (χ0) is 22.0. The molecule has 0 saturated heterocycles. The summed E-state index contributed by atoms with van der Waals surface area (Å²) in [7, 11) is 3.94. The SMILES string of the molecule is CC(c1nnc(SCC(=O)N2CCSc3ccccc32)n1-c1ccc(F)cc1)N(C)C. The average Bonchev–Trinajstić information content (AvgIpc) is 3.20. The van der Waals surface area contributed by atoms with Crippen molar-refractivity contribution >= 4 is 35.1 Å². The van der Waals surface area contributed by atoms with E-state index in [4.69, 9.17) is 0 Å². The van der Waals surface area contributed by atoms with Crippen LogP contribution in [0.15, 0.2) is 58.6 Å². The van der Waals surface area contributed by atoms with Crippen molar-refractivity contribution in [2.75, 3.05) is 37.0 Å². The van der Waals surface area contributed by atoms with E-state index in [1.807, 2.05) is 59.7 Å². The molecule has 1 atom stereocenters. The van der Waals surface area contributed by atoms with Crippen molar-refractivity contribution in [3.63, 3.8) is 0 Å². The molecule has 1 aliphatic heterocycles. The first-order valence-electron chi connectivity index (χ1n) is 9.98. The summed E-state index contributed by atoms with van der Waals surface area (Å²) in [5.74, 6) is 1.60. The van der Waals surface area contributed by atoms with E-state index in [2.05, 4.69) is 10.2 Å². The largest absolute Gasteiger partial charge is 0.310 e. The standard InChI is InChI=1S/C22H24FN5OS2/c1-15(26(2)3)21-24-25-22(28(21)17-10-8-16(23)9-11-17)31-14-20(29)27-12-13-30-19-7-5-4-6-18(19)27/h4-11,15H,12-14H2,1-3H3. The highest BCUT2D eigenvalue weighted by Crippen LogP contribution is 2.35. The zero-order valence-corrected chi connectivity index (χ0v) is 19.3. The van der Waals surface area contributed by atoms with Crippen molar-refractivity contribution in [2.45, 2.75) is 23.0 Å². The van der Waals surface area contributed by atoms with Crippen molar-refractivity contribution in [3.8, 4) is 5.69 Å². The van der Waals surface area contributed by atoms with Crippen molar-refractivity contribution in [3.05, 3.63) is 60.2 Å². The van der Waals surface area contributed by atoms with Crippen molar-refractivity contribution in [1.82, 2.24) is 19.7 Å². The Kier molecular flexibility index (Phi) is 6.64. The fourth-order valence-corrected chi connectivity index (χ4v) is 5.17. The van der Waals surface area contributed by atoms with Crippen molar-refractivity contribution in [2.24, 2.45) is 0 Å². The molecule has 2 heterocycles. The van der Waals surface area contributed by atoms with Gasteiger partial charge in [-0.3, -0.25) is 14.3 Å². The predicted octanol–water partition coefficient (Wildman–Crippen LogP) is 4.26. The van der Waals surface area contributed by atoms with Crippen LogP contribution >= 0.6 is 23.5 Å². The summed E-state index contributed by atoms with van der Waals surface area (Å²) in [6, 6.07) is 14.2. The maximum absolute atomic E-state index is 13.5. The quantitative estimate of drug-likeness (QED) is 0.516. The number of benzene rings is 2. The Morgan fingerprint density at radius 3 is 2.68 bits per heavy atom. The molecule has 162 valence electrons. The Morgan fingerprint density at radius 2 is 1.94 bits per heavy atom. The summed E-state index contributed by atoms with van der Waals surface area (Å²) in [6.07, 6.45) is 0. The molecule has 2 aromatic carbocycles. The lowest BCUT2D eigenvalue weighted by Gasteiger charge is -2.28. The number of hydrogen-bond acceptors (Lipinski definition) is 6. The van der Waals surface area contributed by atoms with Crippen LogP contribution in [0.4, 0.5) is 10.1 Å². The second-order valence-corrected chi connectivity index (χ2v) is 9.52. The molecule has 6 nitrogen and oxygen atoms in total.